The number of hydrogen-bond donors (Lipinski definition) is 1. The van der Waals surface area contributed by atoms with Crippen molar-refractivity contribution in [2.75, 3.05) is 4.90 Å². The zero-order chi connectivity index (χ0) is 23.7. The standard InChI is InChI=1S/C22H14ClN3O5S2/c1-12-11-31-17(19(12)26(29)30)6-7-18-13(8-9-33-18)10-16-20(27)24-22(32)25(21(16)28)15-4-2-14(23)3-5-15/h2-11H,1H3,(H,24,27,32). The van der Waals surface area contributed by atoms with Crippen LogP contribution in [-0.4, -0.2) is 21.9 Å². The molecule has 0 spiro atoms. The fraction of sp³-hybridized carbons (Fsp3) is 0.0455. The maximum Gasteiger partial charge on any atom is 0.317 e. The van der Waals surface area contributed by atoms with E-state index in [4.69, 9.17) is 28.2 Å². The van der Waals surface area contributed by atoms with Gasteiger partial charge in [-0.1, -0.05) is 11.6 Å². The van der Waals surface area contributed by atoms with Crippen LogP contribution in [0, 0.1) is 17.0 Å². The number of nitro groups is 1. The zero-order valence-corrected chi connectivity index (χ0v) is 19.3. The van der Waals surface area contributed by atoms with E-state index in [0.29, 0.717) is 26.7 Å². The molecule has 33 heavy (non-hydrogen) atoms. The summed E-state index contributed by atoms with van der Waals surface area (Å²) in [6.07, 6.45) is 5.89. The number of hydrogen-bond acceptors (Lipinski definition) is 7. The second-order valence-corrected chi connectivity index (χ2v) is 8.67. The largest absolute Gasteiger partial charge is 0.457 e. The molecule has 1 aliphatic rings. The van der Waals surface area contributed by atoms with Crippen molar-refractivity contribution in [1.29, 1.82) is 0 Å². The fourth-order valence-electron chi connectivity index (χ4n) is 3.18. The Morgan fingerprint density at radius 3 is 2.64 bits per heavy atom. The van der Waals surface area contributed by atoms with Crippen molar-refractivity contribution >= 4 is 81.7 Å². The van der Waals surface area contributed by atoms with E-state index in [2.05, 4.69) is 5.32 Å². The second kappa shape index (κ2) is 9.10. The van der Waals surface area contributed by atoms with Crippen LogP contribution >= 0.6 is 35.2 Å². The molecule has 8 nitrogen and oxygen atoms in total. The first-order valence-electron chi connectivity index (χ1n) is 9.41. The van der Waals surface area contributed by atoms with Crippen LogP contribution in [0.3, 0.4) is 0 Å². The van der Waals surface area contributed by atoms with Gasteiger partial charge in [-0.2, -0.15) is 0 Å². The molecule has 166 valence electrons. The lowest BCUT2D eigenvalue weighted by molar-refractivity contribution is -0.385. The minimum atomic E-state index is -0.617. The highest BCUT2D eigenvalue weighted by molar-refractivity contribution is 7.80. The van der Waals surface area contributed by atoms with Gasteiger partial charge in [-0.3, -0.25) is 29.9 Å². The monoisotopic (exact) mass is 499 g/mol. The predicted octanol–water partition coefficient (Wildman–Crippen LogP) is 5.21. The number of rotatable bonds is 5. The average Bonchev–Trinajstić information content (AvgIpc) is 3.36. The summed E-state index contributed by atoms with van der Waals surface area (Å²) in [5.74, 6) is -1.09. The van der Waals surface area contributed by atoms with Gasteiger partial charge in [-0.25, -0.2) is 0 Å². The number of furan rings is 1. The predicted molar refractivity (Wildman–Crippen MR) is 131 cm³/mol. The molecular weight excluding hydrogens is 486 g/mol. The number of carbonyl (C=O) groups excluding carboxylic acids is 2. The summed E-state index contributed by atoms with van der Waals surface area (Å²) in [6, 6.07) is 8.21. The maximum absolute atomic E-state index is 13.1. The van der Waals surface area contributed by atoms with Crippen molar-refractivity contribution in [3.05, 3.63) is 84.4 Å². The smallest absolute Gasteiger partial charge is 0.317 e. The highest BCUT2D eigenvalue weighted by atomic mass is 35.5. The second-order valence-electron chi connectivity index (χ2n) is 6.90. The van der Waals surface area contributed by atoms with E-state index < -0.39 is 16.7 Å². The molecule has 0 radical (unpaired) electrons. The maximum atomic E-state index is 13.1. The molecule has 1 saturated heterocycles. The van der Waals surface area contributed by atoms with Gasteiger partial charge < -0.3 is 4.42 Å². The third kappa shape index (κ3) is 4.49. The average molecular weight is 500 g/mol. The number of nitrogens with zero attached hydrogens (tertiary/aromatic N) is 2. The van der Waals surface area contributed by atoms with Crippen molar-refractivity contribution in [3.8, 4) is 0 Å². The van der Waals surface area contributed by atoms with Crippen LogP contribution in [0.4, 0.5) is 11.4 Å². The van der Waals surface area contributed by atoms with E-state index in [0.717, 1.165) is 0 Å². The Labute approximate surface area is 201 Å². The molecule has 1 N–H and O–H groups in total. The van der Waals surface area contributed by atoms with Gasteiger partial charge in [0.05, 0.1) is 16.2 Å². The molecule has 0 unspecified atom stereocenters. The van der Waals surface area contributed by atoms with Crippen molar-refractivity contribution in [2.45, 2.75) is 6.92 Å². The molecule has 2 aromatic heterocycles. The Morgan fingerprint density at radius 2 is 1.94 bits per heavy atom. The molecule has 0 saturated carbocycles. The summed E-state index contributed by atoms with van der Waals surface area (Å²) in [5, 5.41) is 16.0. The molecule has 1 aromatic carbocycles. The summed E-state index contributed by atoms with van der Waals surface area (Å²) < 4.78 is 5.27. The lowest BCUT2D eigenvalue weighted by Gasteiger charge is -2.28. The Bertz CT molecular complexity index is 1350. The zero-order valence-electron chi connectivity index (χ0n) is 16.9. The third-order valence-corrected chi connectivity index (χ3v) is 6.19. The van der Waals surface area contributed by atoms with Gasteiger partial charge in [-0.15, -0.1) is 11.3 Å². The van der Waals surface area contributed by atoms with Crippen LogP contribution in [0.2, 0.25) is 5.02 Å². The molecule has 3 aromatic rings. The van der Waals surface area contributed by atoms with Gasteiger partial charge in [0.25, 0.3) is 11.8 Å². The highest BCUT2D eigenvalue weighted by Crippen LogP contribution is 2.30. The van der Waals surface area contributed by atoms with Crippen LogP contribution in [0.1, 0.15) is 21.8 Å². The lowest BCUT2D eigenvalue weighted by atomic mass is 10.1. The molecule has 2 amide bonds. The highest BCUT2D eigenvalue weighted by Gasteiger charge is 2.34. The number of nitrogens with one attached hydrogen (secondary N) is 1. The topological polar surface area (TPSA) is 106 Å². The van der Waals surface area contributed by atoms with E-state index >= 15 is 0 Å². The van der Waals surface area contributed by atoms with Gasteiger partial charge in [0, 0.05) is 9.90 Å². The summed E-state index contributed by atoms with van der Waals surface area (Å²) >= 11 is 12.5. The first-order chi connectivity index (χ1) is 15.8. The van der Waals surface area contributed by atoms with Crippen molar-refractivity contribution in [2.24, 2.45) is 0 Å². The number of thiophene rings is 1. The quantitative estimate of drug-likeness (QED) is 0.170. The number of amides is 2. The Hall–Kier alpha value is -3.60. The summed E-state index contributed by atoms with van der Waals surface area (Å²) in [6.45, 7) is 1.59. The number of aryl methyl sites for hydroxylation is 1. The lowest BCUT2D eigenvalue weighted by Crippen LogP contribution is -2.54. The van der Waals surface area contributed by atoms with Crippen molar-refractivity contribution in [3.63, 3.8) is 0 Å². The van der Waals surface area contributed by atoms with E-state index in [1.165, 1.54) is 34.7 Å². The molecule has 0 bridgehead atoms. The molecule has 1 fully saturated rings. The Balaban J connectivity index is 1.67. The minimum Gasteiger partial charge on any atom is -0.457 e. The SMILES string of the molecule is Cc1coc(C=Cc2sccc2C=C2C(=O)NC(=S)N(c3ccc(Cl)cc3)C2=O)c1[N+](=O)[O-]. The van der Waals surface area contributed by atoms with Gasteiger partial charge in [-0.05, 0) is 78.6 Å². The van der Waals surface area contributed by atoms with Gasteiger partial charge in [0.2, 0.25) is 5.76 Å². The minimum absolute atomic E-state index is 0.0320. The number of halogens is 1. The third-order valence-electron chi connectivity index (χ3n) is 4.75. The van der Waals surface area contributed by atoms with E-state index in [1.807, 2.05) is 0 Å². The molecule has 11 heteroatoms. The first kappa shape index (κ1) is 22.6. The van der Waals surface area contributed by atoms with E-state index in [1.54, 1.807) is 48.7 Å². The summed E-state index contributed by atoms with van der Waals surface area (Å²) in [7, 11) is 0. The van der Waals surface area contributed by atoms with Crippen LogP contribution in [0.25, 0.3) is 18.2 Å². The number of thiocarbonyl (C=S) groups is 1. The van der Waals surface area contributed by atoms with Crippen LogP contribution in [0.5, 0.6) is 0 Å². The summed E-state index contributed by atoms with van der Waals surface area (Å²) in [4.78, 5) is 38.3. The van der Waals surface area contributed by atoms with Crippen LogP contribution in [0.15, 0.2) is 52.0 Å². The molecule has 4 rings (SSSR count). The Kier molecular flexibility index (Phi) is 6.23. The van der Waals surface area contributed by atoms with Gasteiger partial charge in [0.1, 0.15) is 11.8 Å². The number of benzene rings is 1. The van der Waals surface area contributed by atoms with Gasteiger partial charge in [0.15, 0.2) is 5.11 Å². The number of carbonyl (C=O) groups is 2. The fourth-order valence-corrected chi connectivity index (χ4v) is 4.36. The molecule has 1 aliphatic heterocycles. The molecule has 0 atom stereocenters. The van der Waals surface area contributed by atoms with Crippen molar-refractivity contribution in [1.82, 2.24) is 5.32 Å². The van der Waals surface area contributed by atoms with E-state index in [-0.39, 0.29) is 22.1 Å². The Morgan fingerprint density at radius 1 is 1.21 bits per heavy atom. The molecular formula is C22H14ClN3O5S2. The molecule has 3 heterocycles. The van der Waals surface area contributed by atoms with Crippen LogP contribution < -0.4 is 10.2 Å². The van der Waals surface area contributed by atoms with E-state index in [9.17, 15) is 19.7 Å². The first-order valence-corrected chi connectivity index (χ1v) is 11.1. The van der Waals surface area contributed by atoms with Crippen LogP contribution in [-0.2, 0) is 9.59 Å². The number of anilines is 1. The molecule has 0 aliphatic carbocycles. The van der Waals surface area contributed by atoms with Crippen molar-refractivity contribution < 1.29 is 18.9 Å². The normalized spacial score (nSPS) is 15.5. The van der Waals surface area contributed by atoms with Gasteiger partial charge >= 0.3 is 5.69 Å². The summed E-state index contributed by atoms with van der Waals surface area (Å²) in [5.41, 5.74) is 1.25.